The number of imide groups is 2. The molecule has 1 N–H and O–H groups in total. The maximum absolute atomic E-state index is 11.6. The zero-order valence-electron chi connectivity index (χ0n) is 10.7. The minimum Gasteiger partial charge on any atom is -0.309 e. The molecule has 6 nitrogen and oxygen atoms in total. The van der Waals surface area contributed by atoms with Gasteiger partial charge in [-0.15, -0.1) is 0 Å². The molecule has 4 amide bonds. The van der Waals surface area contributed by atoms with Gasteiger partial charge >= 0.3 is 6.03 Å². The van der Waals surface area contributed by atoms with Crippen molar-refractivity contribution in [1.29, 1.82) is 0 Å². The molecule has 0 radical (unpaired) electrons. The van der Waals surface area contributed by atoms with E-state index in [1.165, 1.54) is 0 Å². The predicted molar refractivity (Wildman–Crippen MR) is 62.2 cm³/mol. The van der Waals surface area contributed by atoms with E-state index in [9.17, 15) is 14.4 Å². The Bertz CT molecular complexity index is 330. The molecule has 17 heavy (non-hydrogen) atoms. The molecule has 0 aromatic rings. The Balaban J connectivity index is 2.70. The monoisotopic (exact) mass is 241 g/mol. The Kier molecular flexibility index (Phi) is 3.87. The number of nitrogens with zero attached hydrogens (tertiary/aromatic N) is 2. The van der Waals surface area contributed by atoms with Gasteiger partial charge in [-0.1, -0.05) is 13.8 Å². The lowest BCUT2D eigenvalue weighted by molar-refractivity contribution is -0.137. The van der Waals surface area contributed by atoms with Gasteiger partial charge < -0.3 is 4.90 Å². The average molecular weight is 241 g/mol. The molecule has 1 saturated heterocycles. The van der Waals surface area contributed by atoms with Crippen molar-refractivity contribution in [2.75, 3.05) is 27.2 Å². The fourth-order valence-electron chi connectivity index (χ4n) is 2.07. The molecule has 0 atom stereocenters. The number of carbonyl (C=O) groups is 3. The minimum atomic E-state index is -0.613. The molecule has 1 heterocycles. The van der Waals surface area contributed by atoms with Crippen LogP contribution in [0.25, 0.3) is 0 Å². The molecule has 6 heteroatoms. The smallest absolute Gasteiger partial charge is 0.309 e. The maximum Gasteiger partial charge on any atom is 0.330 e. The summed E-state index contributed by atoms with van der Waals surface area (Å²) in [7, 11) is 3.87. The second-order valence-electron chi connectivity index (χ2n) is 5.41. The third-order valence-electron chi connectivity index (χ3n) is 2.43. The number of nitrogens with one attached hydrogen (secondary N) is 1. The topological polar surface area (TPSA) is 69.7 Å². The molecule has 0 aromatic carbocycles. The second-order valence-corrected chi connectivity index (χ2v) is 5.41. The average Bonchev–Trinajstić information content (AvgIpc) is 2.09. The summed E-state index contributed by atoms with van der Waals surface area (Å²) < 4.78 is 0. The van der Waals surface area contributed by atoms with E-state index in [0.29, 0.717) is 6.54 Å². The van der Waals surface area contributed by atoms with Crippen LogP contribution in [-0.2, 0) is 9.59 Å². The third kappa shape index (κ3) is 3.81. The van der Waals surface area contributed by atoms with Crippen LogP contribution in [0.1, 0.15) is 20.3 Å². The van der Waals surface area contributed by atoms with E-state index in [1.807, 2.05) is 32.8 Å². The lowest BCUT2D eigenvalue weighted by atomic mass is 9.92. The quantitative estimate of drug-likeness (QED) is 0.706. The molecule has 1 aliphatic rings. The largest absolute Gasteiger partial charge is 0.330 e. The van der Waals surface area contributed by atoms with Gasteiger partial charge in [0.1, 0.15) is 6.42 Å². The number of carbonyl (C=O) groups excluding carboxylic acids is 3. The summed E-state index contributed by atoms with van der Waals surface area (Å²) in [5.41, 5.74) is -0.211. The zero-order chi connectivity index (χ0) is 13.2. The van der Waals surface area contributed by atoms with E-state index in [0.717, 1.165) is 11.4 Å². The summed E-state index contributed by atoms with van der Waals surface area (Å²) >= 11 is 0. The first kappa shape index (κ1) is 13.6. The van der Waals surface area contributed by atoms with Crippen LogP contribution in [-0.4, -0.2) is 54.8 Å². The van der Waals surface area contributed by atoms with Crippen LogP contribution in [0.5, 0.6) is 0 Å². The van der Waals surface area contributed by atoms with E-state index in [1.54, 1.807) is 0 Å². The van der Waals surface area contributed by atoms with Crippen molar-refractivity contribution < 1.29 is 14.4 Å². The number of amides is 4. The van der Waals surface area contributed by atoms with Crippen LogP contribution in [0.2, 0.25) is 0 Å². The van der Waals surface area contributed by atoms with Crippen LogP contribution < -0.4 is 5.32 Å². The van der Waals surface area contributed by atoms with Crippen molar-refractivity contribution >= 4 is 17.8 Å². The van der Waals surface area contributed by atoms with Crippen LogP contribution >= 0.6 is 0 Å². The Morgan fingerprint density at radius 3 is 2.35 bits per heavy atom. The fraction of sp³-hybridized carbons (Fsp3) is 0.727. The summed E-state index contributed by atoms with van der Waals surface area (Å²) in [5.74, 6) is -0.952. The van der Waals surface area contributed by atoms with Crippen LogP contribution in [0, 0.1) is 5.41 Å². The first-order valence-electron chi connectivity index (χ1n) is 5.50. The predicted octanol–water partition coefficient (Wildman–Crippen LogP) is 0.0427. The number of rotatable bonds is 4. The third-order valence-corrected chi connectivity index (χ3v) is 2.43. The van der Waals surface area contributed by atoms with Gasteiger partial charge in [-0.2, -0.15) is 0 Å². The molecule has 0 spiro atoms. The normalized spacial score (nSPS) is 17.7. The highest BCUT2D eigenvalue weighted by atomic mass is 16.2. The van der Waals surface area contributed by atoms with Gasteiger partial charge in [0.05, 0.1) is 0 Å². The van der Waals surface area contributed by atoms with Crippen molar-refractivity contribution in [2.24, 2.45) is 5.41 Å². The molecule has 0 bridgehead atoms. The summed E-state index contributed by atoms with van der Waals surface area (Å²) in [4.78, 5) is 37.2. The van der Waals surface area contributed by atoms with Gasteiger partial charge in [0.15, 0.2) is 0 Å². The van der Waals surface area contributed by atoms with Crippen molar-refractivity contribution in [1.82, 2.24) is 15.1 Å². The molecular weight excluding hydrogens is 222 g/mol. The van der Waals surface area contributed by atoms with E-state index in [-0.39, 0.29) is 11.8 Å². The van der Waals surface area contributed by atoms with E-state index in [4.69, 9.17) is 0 Å². The van der Waals surface area contributed by atoms with Crippen LogP contribution in [0.15, 0.2) is 0 Å². The zero-order valence-corrected chi connectivity index (χ0v) is 10.7. The van der Waals surface area contributed by atoms with Gasteiger partial charge in [-0.3, -0.25) is 19.8 Å². The van der Waals surface area contributed by atoms with Gasteiger partial charge in [-0.05, 0) is 19.5 Å². The first-order chi connectivity index (χ1) is 7.71. The minimum absolute atomic E-state index is 0.211. The van der Waals surface area contributed by atoms with E-state index < -0.39 is 17.8 Å². The molecule has 96 valence electrons. The van der Waals surface area contributed by atoms with Gasteiger partial charge in [0.2, 0.25) is 11.8 Å². The number of hydrogen-bond acceptors (Lipinski definition) is 4. The SMILES string of the molecule is CN(C)CC(C)(C)CN1C(=O)CC(=O)NC1=O. The van der Waals surface area contributed by atoms with E-state index in [2.05, 4.69) is 5.32 Å². The Labute approximate surface area is 101 Å². The highest BCUT2D eigenvalue weighted by Crippen LogP contribution is 2.19. The molecule has 0 saturated carbocycles. The summed E-state index contributed by atoms with van der Waals surface area (Å²) in [6.45, 7) is 5.01. The van der Waals surface area contributed by atoms with E-state index >= 15 is 0 Å². The molecule has 0 aliphatic carbocycles. The Hall–Kier alpha value is -1.43. The summed E-state index contributed by atoms with van der Waals surface area (Å²) in [6, 6.07) is -0.613. The van der Waals surface area contributed by atoms with Crippen molar-refractivity contribution in [3.63, 3.8) is 0 Å². The molecule has 1 aliphatic heterocycles. The van der Waals surface area contributed by atoms with Crippen LogP contribution in [0.3, 0.4) is 0 Å². The van der Waals surface area contributed by atoms with Gasteiger partial charge in [0, 0.05) is 13.1 Å². The number of barbiturate groups is 1. The van der Waals surface area contributed by atoms with Crippen LogP contribution in [0.4, 0.5) is 4.79 Å². The lowest BCUT2D eigenvalue weighted by Crippen LogP contribution is -2.55. The maximum atomic E-state index is 11.6. The Morgan fingerprint density at radius 1 is 1.29 bits per heavy atom. The molecule has 0 aromatic heterocycles. The van der Waals surface area contributed by atoms with Crippen molar-refractivity contribution in [3.8, 4) is 0 Å². The second kappa shape index (κ2) is 4.83. The standard InChI is InChI=1S/C11H19N3O3/c1-11(2,6-13(3)4)7-14-9(16)5-8(15)12-10(14)17/h5-7H2,1-4H3,(H,12,15,17). The first-order valence-corrected chi connectivity index (χ1v) is 5.50. The molecule has 1 rings (SSSR count). The lowest BCUT2D eigenvalue weighted by Gasteiger charge is -2.34. The van der Waals surface area contributed by atoms with Crippen molar-refractivity contribution in [2.45, 2.75) is 20.3 Å². The summed E-state index contributed by atoms with van der Waals surface area (Å²) in [6.07, 6.45) is -0.246. The molecule has 0 unspecified atom stereocenters. The Morgan fingerprint density at radius 2 is 1.88 bits per heavy atom. The van der Waals surface area contributed by atoms with Crippen molar-refractivity contribution in [3.05, 3.63) is 0 Å². The fourth-order valence-corrected chi connectivity index (χ4v) is 2.07. The summed E-state index contributed by atoms with van der Waals surface area (Å²) in [5, 5.41) is 2.15. The van der Waals surface area contributed by atoms with Gasteiger partial charge in [0.25, 0.3) is 0 Å². The number of urea groups is 1. The number of hydrogen-bond donors (Lipinski definition) is 1. The molecule has 1 fully saturated rings. The molecular formula is C11H19N3O3. The van der Waals surface area contributed by atoms with Gasteiger partial charge in [-0.25, -0.2) is 4.79 Å². The highest BCUT2D eigenvalue weighted by molar-refractivity contribution is 6.14. The highest BCUT2D eigenvalue weighted by Gasteiger charge is 2.34.